The summed E-state index contributed by atoms with van der Waals surface area (Å²) in [5.41, 5.74) is 0. The first kappa shape index (κ1) is 22.6. The summed E-state index contributed by atoms with van der Waals surface area (Å²) in [6, 6.07) is 0. The van der Waals surface area contributed by atoms with Crippen molar-refractivity contribution in [1.82, 2.24) is 0 Å². The van der Waals surface area contributed by atoms with Crippen LogP contribution in [0.2, 0.25) is 0 Å². The third-order valence-electron chi connectivity index (χ3n) is 0.586. The van der Waals surface area contributed by atoms with Gasteiger partial charge in [-0.05, 0) is 0 Å². The molecule has 1 aliphatic carbocycles. The van der Waals surface area contributed by atoms with Crippen molar-refractivity contribution in [1.29, 1.82) is 0 Å². The third kappa shape index (κ3) is 12.1. The Balaban J connectivity index is -0.0000000312. The van der Waals surface area contributed by atoms with Crippen molar-refractivity contribution in [2.45, 2.75) is 6.42 Å². The van der Waals surface area contributed by atoms with E-state index < -0.39 is 0 Å². The number of rotatable bonds is 0. The summed E-state index contributed by atoms with van der Waals surface area (Å²) in [4.78, 5) is 0. The summed E-state index contributed by atoms with van der Waals surface area (Å²) >= 11 is 0. The van der Waals surface area contributed by atoms with Gasteiger partial charge in [0.15, 0.2) is 0 Å². The van der Waals surface area contributed by atoms with Crippen LogP contribution in [0.3, 0.4) is 0 Å². The molecule has 9 heavy (non-hydrogen) atoms. The van der Waals surface area contributed by atoms with Crippen molar-refractivity contribution in [3.05, 3.63) is 31.7 Å². The van der Waals surface area contributed by atoms with E-state index in [0.29, 0.717) is 0 Å². The Morgan fingerprint density at radius 2 is 1.78 bits per heavy atom. The van der Waals surface area contributed by atoms with Crippen LogP contribution in [0.4, 0.5) is 0 Å². The quantitative estimate of drug-likeness (QED) is 0.417. The summed E-state index contributed by atoms with van der Waals surface area (Å²) in [5.74, 6) is 0. The average Bonchev–Trinajstić information content (AvgIpc) is 1.76. The zero-order chi connectivity index (χ0) is 3.54. The van der Waals surface area contributed by atoms with Crippen molar-refractivity contribution in [3.63, 3.8) is 0 Å². The fraction of sp³-hybridized carbons (Fsp3) is 0.167. The minimum atomic E-state index is 0. The van der Waals surface area contributed by atoms with E-state index in [9.17, 15) is 0 Å². The first-order chi connectivity index (χ1) is 2.50. The SMILES string of the molecule is Cl.Cl.[C-]1=CC=CC1.[CH3-].[Ti+2]. The first-order valence-electron chi connectivity index (χ1n) is 1.72. The molecule has 0 N–H and O–H groups in total. The van der Waals surface area contributed by atoms with Crippen molar-refractivity contribution >= 4 is 24.8 Å². The van der Waals surface area contributed by atoms with Crippen molar-refractivity contribution < 1.29 is 21.7 Å². The second-order valence-electron chi connectivity index (χ2n) is 1.00. The molecule has 0 radical (unpaired) electrons. The van der Waals surface area contributed by atoms with Gasteiger partial charge in [-0.2, -0.15) is 6.08 Å². The molecular weight excluding hydrogens is 191 g/mol. The average molecular weight is 201 g/mol. The Morgan fingerprint density at radius 1 is 1.22 bits per heavy atom. The van der Waals surface area contributed by atoms with Crippen LogP contribution in [0.15, 0.2) is 18.2 Å². The minimum Gasteiger partial charge on any atom is -0.358 e. The van der Waals surface area contributed by atoms with E-state index in [2.05, 4.69) is 12.2 Å². The summed E-state index contributed by atoms with van der Waals surface area (Å²) < 4.78 is 0. The van der Waals surface area contributed by atoms with Crippen LogP contribution in [0.5, 0.6) is 0 Å². The normalized spacial score (nSPS) is 9.78. The van der Waals surface area contributed by atoms with E-state index in [4.69, 9.17) is 0 Å². The van der Waals surface area contributed by atoms with Crippen LogP contribution in [-0.2, 0) is 21.7 Å². The Kier molecular flexibility index (Phi) is 39.9. The Bertz CT molecular complexity index is 69.1. The van der Waals surface area contributed by atoms with Crippen LogP contribution >= 0.6 is 24.8 Å². The van der Waals surface area contributed by atoms with Gasteiger partial charge in [-0.3, -0.25) is 6.08 Å². The summed E-state index contributed by atoms with van der Waals surface area (Å²) in [7, 11) is 0. The minimum absolute atomic E-state index is 0. The molecule has 0 aliphatic heterocycles. The van der Waals surface area contributed by atoms with Gasteiger partial charge in [0.2, 0.25) is 0 Å². The molecule has 0 fully saturated rings. The maximum absolute atomic E-state index is 2.99. The van der Waals surface area contributed by atoms with E-state index in [0.717, 1.165) is 6.42 Å². The Labute approximate surface area is 84.5 Å². The summed E-state index contributed by atoms with van der Waals surface area (Å²) in [6.07, 6.45) is 10.0. The van der Waals surface area contributed by atoms with Crippen molar-refractivity contribution in [2.75, 3.05) is 0 Å². The molecule has 0 bridgehead atoms. The van der Waals surface area contributed by atoms with E-state index in [1.807, 2.05) is 12.2 Å². The molecule has 1 aliphatic rings. The second-order valence-corrected chi connectivity index (χ2v) is 1.00. The topological polar surface area (TPSA) is 0 Å². The second kappa shape index (κ2) is 15.9. The van der Waals surface area contributed by atoms with Gasteiger partial charge in [-0.25, -0.2) is 12.2 Å². The molecule has 0 aromatic rings. The standard InChI is InChI=1S/C5H5.CH3.2ClH.Ti/c1-2-4-5-3-1;;;;/h1-3H,4H2;1H3;2*1H;/q2*-1;;;+2. The van der Waals surface area contributed by atoms with Crippen LogP contribution in [-0.4, -0.2) is 0 Å². The zero-order valence-electron chi connectivity index (χ0n) is 5.26. The molecular formula is C6H10Cl2Ti. The Morgan fingerprint density at radius 3 is 1.89 bits per heavy atom. The van der Waals surface area contributed by atoms with Gasteiger partial charge in [0.05, 0.1) is 0 Å². The monoisotopic (exact) mass is 200 g/mol. The molecule has 0 saturated heterocycles. The van der Waals surface area contributed by atoms with Crippen molar-refractivity contribution in [2.24, 2.45) is 0 Å². The molecule has 0 amide bonds. The van der Waals surface area contributed by atoms with Gasteiger partial charge in [0.1, 0.15) is 0 Å². The van der Waals surface area contributed by atoms with Gasteiger partial charge >= 0.3 is 21.7 Å². The molecule has 0 saturated carbocycles. The molecule has 52 valence electrons. The maximum Gasteiger partial charge on any atom is 2.00 e. The fourth-order valence-electron chi connectivity index (χ4n) is 0.340. The molecule has 0 aromatic heterocycles. The largest absolute Gasteiger partial charge is 2.00 e. The van der Waals surface area contributed by atoms with Crippen LogP contribution in [0.1, 0.15) is 6.42 Å². The van der Waals surface area contributed by atoms with E-state index in [1.165, 1.54) is 0 Å². The van der Waals surface area contributed by atoms with Crippen LogP contribution in [0, 0.1) is 13.5 Å². The van der Waals surface area contributed by atoms with Crippen LogP contribution in [0.25, 0.3) is 0 Å². The van der Waals surface area contributed by atoms with Gasteiger partial charge in [-0.1, -0.05) is 0 Å². The molecule has 0 aromatic carbocycles. The smallest absolute Gasteiger partial charge is 0.358 e. The number of halogens is 2. The molecule has 0 unspecified atom stereocenters. The fourth-order valence-corrected chi connectivity index (χ4v) is 0.340. The molecule has 0 heterocycles. The molecule has 3 heteroatoms. The first-order valence-corrected chi connectivity index (χ1v) is 1.72. The van der Waals surface area contributed by atoms with E-state index in [1.54, 1.807) is 0 Å². The molecule has 0 atom stereocenters. The molecule has 0 nitrogen and oxygen atoms in total. The van der Waals surface area contributed by atoms with Crippen LogP contribution < -0.4 is 0 Å². The van der Waals surface area contributed by atoms with Gasteiger partial charge in [0.25, 0.3) is 0 Å². The third-order valence-corrected chi connectivity index (χ3v) is 0.586. The van der Waals surface area contributed by atoms with Gasteiger partial charge < -0.3 is 7.43 Å². The number of allylic oxidation sites excluding steroid dienone is 4. The zero-order valence-corrected chi connectivity index (χ0v) is 8.45. The summed E-state index contributed by atoms with van der Waals surface area (Å²) in [6.45, 7) is 0. The number of hydrogen-bond donors (Lipinski definition) is 0. The van der Waals surface area contributed by atoms with Gasteiger partial charge in [-0.15, -0.1) is 31.2 Å². The summed E-state index contributed by atoms with van der Waals surface area (Å²) in [5, 5.41) is 0. The molecule has 1 rings (SSSR count). The predicted octanol–water partition coefficient (Wildman–Crippen LogP) is 2.60. The predicted molar refractivity (Wildman–Crippen MR) is 42.5 cm³/mol. The maximum atomic E-state index is 2.99. The Hall–Kier alpha value is 0.774. The van der Waals surface area contributed by atoms with E-state index in [-0.39, 0.29) is 54.0 Å². The van der Waals surface area contributed by atoms with Crippen molar-refractivity contribution in [3.8, 4) is 0 Å². The van der Waals surface area contributed by atoms with Gasteiger partial charge in [0, 0.05) is 0 Å². The molecule has 0 spiro atoms. The van der Waals surface area contributed by atoms with E-state index >= 15 is 0 Å². The number of hydrogen-bond acceptors (Lipinski definition) is 0.